The number of likely N-dealkylation sites (tertiary alicyclic amines) is 1. The predicted molar refractivity (Wildman–Crippen MR) is 99.1 cm³/mol. The molecule has 0 saturated carbocycles. The van der Waals surface area contributed by atoms with Crippen LogP contribution in [0.25, 0.3) is 0 Å². The fourth-order valence-corrected chi connectivity index (χ4v) is 3.36. The van der Waals surface area contributed by atoms with E-state index in [0.29, 0.717) is 25.3 Å². The second-order valence-corrected chi connectivity index (χ2v) is 6.30. The van der Waals surface area contributed by atoms with Gasteiger partial charge in [-0.1, -0.05) is 18.2 Å². The van der Waals surface area contributed by atoms with Gasteiger partial charge in [-0.3, -0.25) is 14.4 Å². The van der Waals surface area contributed by atoms with Gasteiger partial charge in [-0.15, -0.1) is 0 Å². The van der Waals surface area contributed by atoms with Crippen molar-refractivity contribution in [3.05, 3.63) is 29.8 Å². The van der Waals surface area contributed by atoms with E-state index in [9.17, 15) is 14.4 Å². The number of hydrogen-bond donors (Lipinski definition) is 2. The molecule has 2 N–H and O–H groups in total. The Kier molecular flexibility index (Phi) is 7.60. The third kappa shape index (κ3) is 4.97. The molecule has 1 aliphatic heterocycles. The molecule has 8 heteroatoms. The van der Waals surface area contributed by atoms with Gasteiger partial charge in [-0.25, -0.2) is 0 Å². The van der Waals surface area contributed by atoms with Crippen LogP contribution in [0.5, 0.6) is 5.75 Å². The molecule has 1 aromatic rings. The van der Waals surface area contributed by atoms with Crippen LogP contribution in [0, 0.1) is 5.92 Å². The number of rotatable bonds is 8. The number of hydrogen-bond acceptors (Lipinski definition) is 5. The highest BCUT2D eigenvalue weighted by molar-refractivity contribution is 5.88. The molecule has 1 fully saturated rings. The molecule has 1 aliphatic rings. The summed E-state index contributed by atoms with van der Waals surface area (Å²) in [6.07, 6.45) is 0.679. The minimum atomic E-state index is -0.486. The Balaban J connectivity index is 2.36. The lowest BCUT2D eigenvalue weighted by Gasteiger charge is -2.41. The summed E-state index contributed by atoms with van der Waals surface area (Å²) in [5.41, 5.74) is 0.768. The molecular weight excluding hydrogens is 350 g/mol. The van der Waals surface area contributed by atoms with Crippen molar-refractivity contribution in [3.8, 4) is 5.75 Å². The number of piperidine rings is 1. The number of carbonyl (C=O) groups is 3. The third-order valence-electron chi connectivity index (χ3n) is 4.74. The molecule has 1 heterocycles. The van der Waals surface area contributed by atoms with Crippen LogP contribution < -0.4 is 15.4 Å². The molecule has 148 valence electrons. The topological polar surface area (TPSA) is 97.0 Å². The average molecular weight is 377 g/mol. The van der Waals surface area contributed by atoms with E-state index in [2.05, 4.69) is 10.6 Å². The van der Waals surface area contributed by atoms with E-state index >= 15 is 0 Å². The van der Waals surface area contributed by atoms with Crippen LogP contribution in [0.3, 0.4) is 0 Å². The maximum Gasteiger partial charge on any atom is 0.239 e. The Hall–Kier alpha value is -2.61. The average Bonchev–Trinajstić information content (AvgIpc) is 2.70. The lowest BCUT2D eigenvalue weighted by atomic mass is 9.83. The van der Waals surface area contributed by atoms with Crippen molar-refractivity contribution in [2.24, 2.45) is 5.92 Å². The van der Waals surface area contributed by atoms with E-state index < -0.39 is 12.0 Å². The first-order valence-electron chi connectivity index (χ1n) is 8.93. The number of carbonyl (C=O) groups excluding carboxylic acids is 3. The van der Waals surface area contributed by atoms with Crippen molar-refractivity contribution >= 4 is 17.7 Å². The van der Waals surface area contributed by atoms with Gasteiger partial charge < -0.3 is 25.0 Å². The normalized spacial score (nSPS) is 19.5. The number of para-hydroxylation sites is 1. The molecule has 8 nitrogen and oxygen atoms in total. The second kappa shape index (κ2) is 9.91. The molecule has 1 saturated heterocycles. The highest BCUT2D eigenvalue weighted by atomic mass is 16.5. The minimum absolute atomic E-state index is 0.0293. The molecular formula is C19H27N3O5. The number of ether oxygens (including phenoxy) is 2. The van der Waals surface area contributed by atoms with Crippen molar-refractivity contribution in [2.75, 3.05) is 41.0 Å². The van der Waals surface area contributed by atoms with Gasteiger partial charge in [0.25, 0.3) is 0 Å². The zero-order valence-electron chi connectivity index (χ0n) is 16.0. The summed E-state index contributed by atoms with van der Waals surface area (Å²) in [5.74, 6) is -0.438. The molecule has 0 unspecified atom stereocenters. The summed E-state index contributed by atoms with van der Waals surface area (Å²) in [5, 5.41) is 5.14. The number of nitrogens with one attached hydrogen (secondary N) is 2. The lowest BCUT2D eigenvalue weighted by molar-refractivity contribution is -0.144. The first-order chi connectivity index (χ1) is 13.0. The summed E-state index contributed by atoms with van der Waals surface area (Å²) >= 11 is 0. The minimum Gasteiger partial charge on any atom is -0.496 e. The molecule has 1 aromatic carbocycles. The molecule has 0 aliphatic carbocycles. The van der Waals surface area contributed by atoms with Crippen LogP contribution in [0.15, 0.2) is 24.3 Å². The molecule has 0 radical (unpaired) electrons. The zero-order chi connectivity index (χ0) is 19.8. The van der Waals surface area contributed by atoms with Crippen molar-refractivity contribution in [3.63, 3.8) is 0 Å². The Labute approximate surface area is 159 Å². The van der Waals surface area contributed by atoms with Gasteiger partial charge in [0, 0.05) is 32.7 Å². The summed E-state index contributed by atoms with van der Waals surface area (Å²) in [6, 6.07) is 6.88. The molecule has 2 rings (SSSR count). The Morgan fingerprint density at radius 1 is 1.26 bits per heavy atom. The molecule has 0 bridgehead atoms. The van der Waals surface area contributed by atoms with Crippen LogP contribution >= 0.6 is 0 Å². The van der Waals surface area contributed by atoms with Crippen LogP contribution in [0.2, 0.25) is 0 Å². The molecule has 0 aromatic heterocycles. The van der Waals surface area contributed by atoms with E-state index in [1.807, 2.05) is 24.3 Å². The molecule has 2 atom stereocenters. The molecule has 0 spiro atoms. The van der Waals surface area contributed by atoms with Crippen molar-refractivity contribution < 1.29 is 23.9 Å². The maximum atomic E-state index is 12.8. The summed E-state index contributed by atoms with van der Waals surface area (Å²) < 4.78 is 10.6. The first kappa shape index (κ1) is 20.7. The SMILES string of the molecule is CNC(=O)CNC(=O)[C@@H]1CCC(=O)N(CCOC)[C@H]1c1ccccc1OC. The number of nitrogens with zero attached hydrogens (tertiary/aromatic N) is 1. The van der Waals surface area contributed by atoms with Crippen molar-refractivity contribution in [1.29, 1.82) is 0 Å². The van der Waals surface area contributed by atoms with Gasteiger partial charge in [0.1, 0.15) is 5.75 Å². The number of benzene rings is 1. The van der Waals surface area contributed by atoms with E-state index in [-0.39, 0.29) is 30.7 Å². The Bertz CT molecular complexity index is 679. The molecule has 3 amide bonds. The van der Waals surface area contributed by atoms with E-state index in [0.717, 1.165) is 5.56 Å². The van der Waals surface area contributed by atoms with Gasteiger partial charge >= 0.3 is 0 Å². The third-order valence-corrected chi connectivity index (χ3v) is 4.74. The van der Waals surface area contributed by atoms with Crippen molar-refractivity contribution in [2.45, 2.75) is 18.9 Å². The van der Waals surface area contributed by atoms with Crippen LogP contribution in [-0.2, 0) is 19.1 Å². The number of methoxy groups -OCH3 is 2. The number of likely N-dealkylation sites (N-methyl/N-ethyl adjacent to an activating group) is 1. The van der Waals surface area contributed by atoms with Crippen molar-refractivity contribution in [1.82, 2.24) is 15.5 Å². The second-order valence-electron chi connectivity index (χ2n) is 6.30. The Morgan fingerprint density at radius 2 is 2.00 bits per heavy atom. The zero-order valence-corrected chi connectivity index (χ0v) is 16.0. The predicted octanol–water partition coefficient (Wildman–Crippen LogP) is 0.484. The smallest absolute Gasteiger partial charge is 0.239 e. The highest BCUT2D eigenvalue weighted by Gasteiger charge is 2.41. The first-order valence-corrected chi connectivity index (χ1v) is 8.93. The van der Waals surface area contributed by atoms with Gasteiger partial charge in [-0.2, -0.15) is 0 Å². The van der Waals surface area contributed by atoms with Gasteiger partial charge in [0.05, 0.1) is 32.2 Å². The fourth-order valence-electron chi connectivity index (χ4n) is 3.36. The highest BCUT2D eigenvalue weighted by Crippen LogP contribution is 2.40. The van der Waals surface area contributed by atoms with Crippen LogP contribution in [0.1, 0.15) is 24.4 Å². The van der Waals surface area contributed by atoms with Gasteiger partial charge in [-0.05, 0) is 12.5 Å². The van der Waals surface area contributed by atoms with Gasteiger partial charge in [0.2, 0.25) is 17.7 Å². The van der Waals surface area contributed by atoms with Crippen LogP contribution in [0.4, 0.5) is 0 Å². The van der Waals surface area contributed by atoms with Crippen LogP contribution in [-0.4, -0.2) is 63.6 Å². The lowest BCUT2D eigenvalue weighted by Crippen LogP contribution is -2.50. The van der Waals surface area contributed by atoms with Gasteiger partial charge in [0.15, 0.2) is 0 Å². The summed E-state index contributed by atoms with van der Waals surface area (Å²) in [4.78, 5) is 38.6. The van der Waals surface area contributed by atoms with E-state index in [1.165, 1.54) is 7.05 Å². The van der Waals surface area contributed by atoms with E-state index in [4.69, 9.17) is 9.47 Å². The Morgan fingerprint density at radius 3 is 2.67 bits per heavy atom. The summed E-state index contributed by atoms with van der Waals surface area (Å²) in [7, 11) is 4.64. The maximum absolute atomic E-state index is 12.8. The largest absolute Gasteiger partial charge is 0.496 e. The summed E-state index contributed by atoms with van der Waals surface area (Å²) in [6.45, 7) is 0.637. The standard InChI is InChI=1S/C19H27N3O5/c1-20-16(23)12-21-19(25)14-8-9-17(24)22(10-11-26-2)18(14)13-6-4-5-7-15(13)27-3/h4-7,14,18H,8-12H2,1-3H3,(H,20,23)(H,21,25)/t14-,18+/m1/s1. The monoisotopic (exact) mass is 377 g/mol. The fraction of sp³-hybridized carbons (Fsp3) is 0.526. The molecule has 27 heavy (non-hydrogen) atoms. The van der Waals surface area contributed by atoms with E-state index in [1.54, 1.807) is 19.1 Å². The quantitative estimate of drug-likeness (QED) is 0.687. The number of amides is 3.